The highest BCUT2D eigenvalue weighted by Crippen LogP contribution is 2.38. The number of nitrogens with one attached hydrogen (secondary N) is 1. The molecule has 1 aliphatic heterocycles. The summed E-state index contributed by atoms with van der Waals surface area (Å²) in [6.07, 6.45) is 0.909. The Labute approximate surface area is 179 Å². The third kappa shape index (κ3) is 4.66. The van der Waals surface area contributed by atoms with E-state index in [0.29, 0.717) is 36.1 Å². The lowest BCUT2D eigenvalue weighted by Gasteiger charge is -2.28. The van der Waals surface area contributed by atoms with Gasteiger partial charge in [0.2, 0.25) is 5.91 Å². The molecule has 0 radical (unpaired) electrons. The number of fused-ring (bicyclic) bond motifs is 1. The van der Waals surface area contributed by atoms with Gasteiger partial charge in [-0.3, -0.25) is 9.59 Å². The number of aryl methyl sites for hydroxylation is 2. The molecule has 1 heterocycles. The number of carbonyl (C=O) groups is 2. The van der Waals surface area contributed by atoms with Crippen LogP contribution in [0, 0.1) is 25.2 Å². The van der Waals surface area contributed by atoms with Gasteiger partial charge in [-0.05, 0) is 63.8 Å². The van der Waals surface area contributed by atoms with E-state index in [1.165, 1.54) is 0 Å². The summed E-state index contributed by atoms with van der Waals surface area (Å²) in [5, 5.41) is 2.97. The molecular formula is C25H32N2O3. The quantitative estimate of drug-likeness (QED) is 0.725. The number of anilines is 2. The second-order valence-electron chi connectivity index (χ2n) is 9.27. The van der Waals surface area contributed by atoms with Crippen molar-refractivity contribution in [1.82, 2.24) is 0 Å². The Morgan fingerprint density at radius 1 is 1.17 bits per heavy atom. The number of hydrogen-bond acceptors (Lipinski definition) is 3. The van der Waals surface area contributed by atoms with E-state index in [9.17, 15) is 9.59 Å². The number of benzene rings is 2. The van der Waals surface area contributed by atoms with Crippen LogP contribution in [-0.2, 0) is 4.79 Å². The van der Waals surface area contributed by atoms with E-state index in [0.717, 1.165) is 23.2 Å². The highest BCUT2D eigenvalue weighted by molar-refractivity contribution is 6.06. The number of nitrogens with zero attached hydrogens (tertiary/aromatic N) is 1. The normalized spacial score (nSPS) is 15.4. The molecule has 0 fully saturated rings. The Morgan fingerprint density at radius 3 is 2.60 bits per heavy atom. The van der Waals surface area contributed by atoms with E-state index in [2.05, 4.69) is 19.2 Å². The summed E-state index contributed by atoms with van der Waals surface area (Å²) in [6, 6.07) is 11.3. The van der Waals surface area contributed by atoms with Crippen LogP contribution in [0.25, 0.3) is 0 Å². The van der Waals surface area contributed by atoms with Crippen LogP contribution >= 0.6 is 0 Å². The molecule has 0 bridgehead atoms. The van der Waals surface area contributed by atoms with Gasteiger partial charge in [0, 0.05) is 23.9 Å². The Balaban J connectivity index is 1.90. The van der Waals surface area contributed by atoms with Gasteiger partial charge in [0.15, 0.2) is 0 Å². The van der Waals surface area contributed by atoms with Crippen LogP contribution < -0.4 is 15.0 Å². The van der Waals surface area contributed by atoms with Crippen LogP contribution in [0.4, 0.5) is 11.4 Å². The van der Waals surface area contributed by atoms with E-state index in [1.807, 2.05) is 69.0 Å². The first-order chi connectivity index (χ1) is 14.1. The van der Waals surface area contributed by atoms with E-state index >= 15 is 0 Å². The molecule has 160 valence electrons. The summed E-state index contributed by atoms with van der Waals surface area (Å²) >= 11 is 0. The maximum atomic E-state index is 13.1. The minimum absolute atomic E-state index is 0.0640. The van der Waals surface area contributed by atoms with Crippen LogP contribution in [0.15, 0.2) is 36.4 Å². The van der Waals surface area contributed by atoms with E-state index in [1.54, 1.807) is 0 Å². The summed E-state index contributed by atoms with van der Waals surface area (Å²) < 4.78 is 6.03. The maximum absolute atomic E-state index is 13.1. The molecule has 0 unspecified atom stereocenters. The van der Waals surface area contributed by atoms with Gasteiger partial charge < -0.3 is 15.0 Å². The number of amides is 2. The molecule has 0 atom stereocenters. The predicted molar refractivity (Wildman–Crippen MR) is 121 cm³/mol. The fraction of sp³-hybridized carbons (Fsp3) is 0.440. The first-order valence-corrected chi connectivity index (χ1v) is 10.6. The first kappa shape index (κ1) is 21.9. The first-order valence-electron chi connectivity index (χ1n) is 10.6. The van der Waals surface area contributed by atoms with E-state index < -0.39 is 5.41 Å². The molecule has 0 spiro atoms. The Hall–Kier alpha value is -2.82. The zero-order chi connectivity index (χ0) is 22.1. The van der Waals surface area contributed by atoms with Gasteiger partial charge in [-0.1, -0.05) is 31.5 Å². The number of hydrogen-bond donors (Lipinski definition) is 1. The lowest BCUT2D eigenvalue weighted by molar-refractivity contribution is -0.127. The Bertz CT molecular complexity index is 963. The molecule has 5 nitrogen and oxygen atoms in total. The number of ether oxygens (including phenoxy) is 1. The Kier molecular flexibility index (Phi) is 6.20. The largest absolute Gasteiger partial charge is 0.490 e. The predicted octanol–water partition coefficient (Wildman–Crippen LogP) is 5.35. The van der Waals surface area contributed by atoms with Crippen molar-refractivity contribution in [3.8, 4) is 5.75 Å². The summed E-state index contributed by atoms with van der Waals surface area (Å²) in [6.45, 7) is 13.0. The van der Waals surface area contributed by atoms with Crippen LogP contribution in [0.3, 0.4) is 0 Å². The van der Waals surface area contributed by atoms with Gasteiger partial charge in [-0.15, -0.1) is 0 Å². The summed E-state index contributed by atoms with van der Waals surface area (Å²) in [5.41, 5.74) is 3.42. The third-order valence-corrected chi connectivity index (χ3v) is 5.49. The molecule has 1 aliphatic rings. The van der Waals surface area contributed by atoms with Gasteiger partial charge in [0.25, 0.3) is 5.91 Å². The lowest BCUT2D eigenvalue weighted by atomic mass is 9.92. The molecule has 2 aromatic carbocycles. The Morgan fingerprint density at radius 2 is 1.90 bits per heavy atom. The van der Waals surface area contributed by atoms with Crippen molar-refractivity contribution in [3.63, 3.8) is 0 Å². The lowest BCUT2D eigenvalue weighted by Crippen LogP contribution is -2.42. The van der Waals surface area contributed by atoms with Crippen LogP contribution in [0.5, 0.6) is 5.75 Å². The van der Waals surface area contributed by atoms with Crippen LogP contribution in [-0.4, -0.2) is 25.0 Å². The molecule has 0 aliphatic carbocycles. The standard InChI is InChI=1S/C25H32N2O3/c1-16(2)11-12-27-21-10-9-19(14-22(21)30-15-25(5,6)24(27)29)26-23(28)20-13-17(3)7-8-18(20)4/h7-10,13-14,16H,11-12,15H2,1-6H3,(H,26,28). The van der Waals surface area contributed by atoms with E-state index in [-0.39, 0.29) is 11.8 Å². The van der Waals surface area contributed by atoms with Gasteiger partial charge in [-0.25, -0.2) is 0 Å². The van der Waals surface area contributed by atoms with Crippen LogP contribution in [0.2, 0.25) is 0 Å². The SMILES string of the molecule is Cc1ccc(C)c(C(=O)Nc2ccc3c(c2)OCC(C)(C)C(=O)N3CCC(C)C)c1. The van der Waals surface area contributed by atoms with Crippen LogP contribution in [0.1, 0.15) is 55.6 Å². The highest BCUT2D eigenvalue weighted by Gasteiger charge is 2.37. The van der Waals surface area contributed by atoms with Gasteiger partial charge in [0.1, 0.15) is 12.4 Å². The molecule has 0 saturated heterocycles. The van der Waals surface area contributed by atoms with Crippen molar-refractivity contribution in [1.29, 1.82) is 0 Å². The molecule has 0 saturated carbocycles. The maximum Gasteiger partial charge on any atom is 0.255 e. The van der Waals surface area contributed by atoms with Crippen molar-refractivity contribution in [2.24, 2.45) is 11.3 Å². The molecule has 5 heteroatoms. The average molecular weight is 409 g/mol. The minimum Gasteiger partial charge on any atom is -0.490 e. The van der Waals surface area contributed by atoms with Crippen molar-refractivity contribution in [2.45, 2.75) is 48.0 Å². The zero-order valence-electron chi connectivity index (χ0n) is 18.8. The summed E-state index contributed by atoms with van der Waals surface area (Å²) in [7, 11) is 0. The second-order valence-corrected chi connectivity index (χ2v) is 9.27. The summed E-state index contributed by atoms with van der Waals surface area (Å²) in [4.78, 5) is 27.8. The number of carbonyl (C=O) groups excluding carboxylic acids is 2. The second kappa shape index (κ2) is 8.50. The molecule has 30 heavy (non-hydrogen) atoms. The third-order valence-electron chi connectivity index (χ3n) is 5.49. The molecule has 0 aromatic heterocycles. The molecule has 3 rings (SSSR count). The number of rotatable bonds is 5. The minimum atomic E-state index is -0.613. The van der Waals surface area contributed by atoms with Gasteiger partial charge >= 0.3 is 0 Å². The smallest absolute Gasteiger partial charge is 0.255 e. The van der Waals surface area contributed by atoms with Gasteiger partial charge in [0.05, 0.1) is 11.1 Å². The monoisotopic (exact) mass is 408 g/mol. The van der Waals surface area contributed by atoms with Crippen molar-refractivity contribution >= 4 is 23.2 Å². The van der Waals surface area contributed by atoms with Gasteiger partial charge in [-0.2, -0.15) is 0 Å². The van der Waals surface area contributed by atoms with Crippen molar-refractivity contribution in [2.75, 3.05) is 23.4 Å². The molecule has 1 N–H and O–H groups in total. The summed E-state index contributed by atoms with van der Waals surface area (Å²) in [5.74, 6) is 1.02. The molecular weight excluding hydrogens is 376 g/mol. The van der Waals surface area contributed by atoms with Crippen molar-refractivity contribution < 1.29 is 14.3 Å². The molecule has 2 amide bonds. The highest BCUT2D eigenvalue weighted by atomic mass is 16.5. The molecule has 2 aromatic rings. The average Bonchev–Trinajstić information content (AvgIpc) is 2.77. The van der Waals surface area contributed by atoms with Crippen molar-refractivity contribution in [3.05, 3.63) is 53.1 Å². The topological polar surface area (TPSA) is 58.6 Å². The zero-order valence-corrected chi connectivity index (χ0v) is 18.8. The van der Waals surface area contributed by atoms with E-state index in [4.69, 9.17) is 4.74 Å². The fourth-order valence-corrected chi connectivity index (χ4v) is 3.51. The fourth-order valence-electron chi connectivity index (χ4n) is 3.51.